The summed E-state index contributed by atoms with van der Waals surface area (Å²) < 4.78 is 6.49. The van der Waals surface area contributed by atoms with Crippen LogP contribution in [0.1, 0.15) is 63.5 Å². The van der Waals surface area contributed by atoms with Crippen LogP contribution in [0.3, 0.4) is 0 Å². The van der Waals surface area contributed by atoms with Gasteiger partial charge in [-0.25, -0.2) is 0 Å². The fourth-order valence-corrected chi connectivity index (χ4v) is 4.55. The predicted molar refractivity (Wildman–Crippen MR) is 98.5 cm³/mol. The van der Waals surface area contributed by atoms with Gasteiger partial charge in [-0.05, 0) is 64.6 Å². The third-order valence-electron chi connectivity index (χ3n) is 6.42. The van der Waals surface area contributed by atoms with Gasteiger partial charge >= 0.3 is 0 Å². The van der Waals surface area contributed by atoms with Crippen LogP contribution in [0.5, 0.6) is 5.75 Å². The summed E-state index contributed by atoms with van der Waals surface area (Å²) >= 11 is 0. The monoisotopic (exact) mass is 328 g/mol. The highest BCUT2D eigenvalue weighted by molar-refractivity contribution is 5.36. The van der Waals surface area contributed by atoms with Crippen molar-refractivity contribution in [1.82, 2.24) is 9.80 Å². The lowest BCUT2D eigenvalue weighted by Gasteiger charge is -2.41. The van der Waals surface area contributed by atoms with E-state index in [9.17, 15) is 0 Å². The van der Waals surface area contributed by atoms with Crippen LogP contribution < -0.4 is 4.74 Å². The van der Waals surface area contributed by atoms with Gasteiger partial charge in [0.1, 0.15) is 11.9 Å². The molecular weight excluding hydrogens is 296 g/mol. The molecule has 132 valence electrons. The number of rotatable bonds is 5. The number of ether oxygens (including phenoxy) is 1. The molecule has 0 spiro atoms. The molecule has 1 saturated carbocycles. The minimum Gasteiger partial charge on any atom is -0.490 e. The van der Waals surface area contributed by atoms with E-state index in [1.165, 1.54) is 76.7 Å². The van der Waals surface area contributed by atoms with Gasteiger partial charge in [0.2, 0.25) is 0 Å². The smallest absolute Gasteiger partial charge is 0.124 e. The minimum absolute atomic E-state index is 0.397. The molecule has 2 aliphatic heterocycles. The van der Waals surface area contributed by atoms with Gasteiger partial charge in [-0.2, -0.15) is 0 Å². The summed E-state index contributed by atoms with van der Waals surface area (Å²) in [5.41, 5.74) is 1.38. The number of nitrogens with zero attached hydrogens (tertiary/aromatic N) is 2. The van der Waals surface area contributed by atoms with E-state index >= 15 is 0 Å². The summed E-state index contributed by atoms with van der Waals surface area (Å²) in [7, 11) is 0. The Hall–Kier alpha value is -1.06. The summed E-state index contributed by atoms with van der Waals surface area (Å²) in [6.45, 7) is 7.25. The SMILES string of the molecule is CC(c1ccccc1OC1CCN(C2CCC2)CC1)N1CCCC1. The number of hydrogen-bond acceptors (Lipinski definition) is 3. The van der Waals surface area contributed by atoms with Crippen LogP contribution in [0, 0.1) is 0 Å². The first-order chi connectivity index (χ1) is 11.8. The summed E-state index contributed by atoms with van der Waals surface area (Å²) in [6, 6.07) is 10.1. The molecular formula is C21H32N2O. The number of likely N-dealkylation sites (tertiary alicyclic amines) is 2. The lowest BCUT2D eigenvalue weighted by molar-refractivity contribution is 0.0483. The van der Waals surface area contributed by atoms with E-state index in [0.717, 1.165) is 11.8 Å². The summed E-state index contributed by atoms with van der Waals surface area (Å²) in [6.07, 6.45) is 9.71. The van der Waals surface area contributed by atoms with Crippen LogP contribution in [0.4, 0.5) is 0 Å². The highest BCUT2D eigenvalue weighted by Crippen LogP contribution is 2.33. The van der Waals surface area contributed by atoms with Gasteiger partial charge in [-0.3, -0.25) is 4.90 Å². The average molecular weight is 329 g/mol. The van der Waals surface area contributed by atoms with Gasteiger partial charge in [-0.1, -0.05) is 24.6 Å². The van der Waals surface area contributed by atoms with E-state index in [2.05, 4.69) is 41.0 Å². The summed E-state index contributed by atoms with van der Waals surface area (Å²) in [4.78, 5) is 5.30. The molecule has 1 aromatic carbocycles. The molecule has 0 radical (unpaired) electrons. The Morgan fingerprint density at radius 3 is 2.29 bits per heavy atom. The molecule has 1 aliphatic carbocycles. The Labute approximate surface area is 147 Å². The average Bonchev–Trinajstić information content (AvgIpc) is 3.09. The lowest BCUT2D eigenvalue weighted by Crippen LogP contribution is -2.46. The van der Waals surface area contributed by atoms with E-state index in [1.807, 2.05) is 0 Å². The van der Waals surface area contributed by atoms with Crippen molar-refractivity contribution in [3.63, 3.8) is 0 Å². The minimum atomic E-state index is 0.397. The molecule has 1 atom stereocenters. The highest BCUT2D eigenvalue weighted by Gasteiger charge is 2.30. The van der Waals surface area contributed by atoms with Crippen LogP contribution in [0.15, 0.2) is 24.3 Å². The largest absolute Gasteiger partial charge is 0.490 e. The summed E-state index contributed by atoms with van der Waals surface area (Å²) in [5.74, 6) is 1.12. The van der Waals surface area contributed by atoms with Gasteiger partial charge in [0, 0.05) is 30.7 Å². The zero-order chi connectivity index (χ0) is 16.4. The Bertz CT molecular complexity index is 528. The van der Waals surface area contributed by atoms with Crippen molar-refractivity contribution in [3.8, 4) is 5.75 Å². The molecule has 2 heterocycles. The number of benzene rings is 1. The van der Waals surface area contributed by atoms with Crippen molar-refractivity contribution < 1.29 is 4.74 Å². The second-order valence-corrected chi connectivity index (χ2v) is 7.89. The van der Waals surface area contributed by atoms with Crippen LogP contribution in [-0.4, -0.2) is 48.1 Å². The van der Waals surface area contributed by atoms with E-state index in [-0.39, 0.29) is 0 Å². The number of para-hydroxylation sites is 1. The maximum Gasteiger partial charge on any atom is 0.124 e. The Balaban J connectivity index is 1.38. The first-order valence-electron chi connectivity index (χ1n) is 10.0. The van der Waals surface area contributed by atoms with Gasteiger partial charge in [0.05, 0.1) is 0 Å². The Morgan fingerprint density at radius 1 is 0.917 bits per heavy atom. The molecule has 3 aliphatic rings. The van der Waals surface area contributed by atoms with E-state index in [0.29, 0.717) is 12.1 Å². The van der Waals surface area contributed by atoms with E-state index < -0.39 is 0 Å². The van der Waals surface area contributed by atoms with Gasteiger partial charge in [0.15, 0.2) is 0 Å². The molecule has 0 aromatic heterocycles. The molecule has 3 fully saturated rings. The quantitative estimate of drug-likeness (QED) is 0.804. The van der Waals surface area contributed by atoms with Crippen molar-refractivity contribution in [2.75, 3.05) is 26.2 Å². The maximum absolute atomic E-state index is 6.49. The van der Waals surface area contributed by atoms with Crippen LogP contribution >= 0.6 is 0 Å². The van der Waals surface area contributed by atoms with Gasteiger partial charge in [-0.15, -0.1) is 0 Å². The first-order valence-corrected chi connectivity index (χ1v) is 10.0. The molecule has 2 saturated heterocycles. The number of piperidine rings is 1. The third kappa shape index (κ3) is 3.48. The van der Waals surface area contributed by atoms with Crippen LogP contribution in [0.25, 0.3) is 0 Å². The highest BCUT2D eigenvalue weighted by atomic mass is 16.5. The molecule has 24 heavy (non-hydrogen) atoms. The van der Waals surface area contributed by atoms with E-state index in [4.69, 9.17) is 4.74 Å². The Morgan fingerprint density at radius 2 is 1.62 bits per heavy atom. The predicted octanol–water partition coefficient (Wildman–Crippen LogP) is 4.24. The molecule has 1 aromatic rings. The second kappa shape index (κ2) is 7.45. The molecule has 0 amide bonds. The van der Waals surface area contributed by atoms with Crippen LogP contribution in [-0.2, 0) is 0 Å². The van der Waals surface area contributed by atoms with Crippen LogP contribution in [0.2, 0.25) is 0 Å². The van der Waals surface area contributed by atoms with Crippen molar-refractivity contribution in [1.29, 1.82) is 0 Å². The van der Waals surface area contributed by atoms with Crippen molar-refractivity contribution in [2.24, 2.45) is 0 Å². The summed E-state index contributed by atoms with van der Waals surface area (Å²) in [5, 5.41) is 0. The molecule has 1 unspecified atom stereocenters. The zero-order valence-electron chi connectivity index (χ0n) is 15.1. The normalized spacial score (nSPS) is 25.5. The second-order valence-electron chi connectivity index (χ2n) is 7.89. The van der Waals surface area contributed by atoms with Crippen molar-refractivity contribution >= 4 is 0 Å². The molecule has 3 nitrogen and oxygen atoms in total. The van der Waals surface area contributed by atoms with Crippen molar-refractivity contribution in [2.45, 2.75) is 70.1 Å². The fraction of sp³-hybridized carbons (Fsp3) is 0.714. The maximum atomic E-state index is 6.49. The van der Waals surface area contributed by atoms with E-state index in [1.54, 1.807) is 0 Å². The lowest BCUT2D eigenvalue weighted by atomic mass is 9.89. The fourth-order valence-electron chi connectivity index (χ4n) is 4.55. The molecule has 0 bridgehead atoms. The Kier molecular flexibility index (Phi) is 5.09. The first kappa shape index (κ1) is 16.4. The standard InChI is InChI=1S/C21H32N2O/c1-17(22-13-4-5-14-22)20-9-2-3-10-21(20)24-19-11-15-23(16-12-19)18-7-6-8-18/h2-3,9-10,17-19H,4-8,11-16H2,1H3. The molecule has 3 heteroatoms. The van der Waals surface area contributed by atoms with Crippen molar-refractivity contribution in [3.05, 3.63) is 29.8 Å². The molecule has 4 rings (SSSR count). The molecule has 0 N–H and O–H groups in total. The third-order valence-corrected chi connectivity index (χ3v) is 6.42. The van der Waals surface area contributed by atoms with Gasteiger partial charge in [0.25, 0.3) is 0 Å². The topological polar surface area (TPSA) is 15.7 Å². The zero-order valence-corrected chi connectivity index (χ0v) is 15.1. The number of hydrogen-bond donors (Lipinski definition) is 0. The van der Waals surface area contributed by atoms with Gasteiger partial charge < -0.3 is 9.64 Å².